The molecule has 0 bridgehead atoms. The molecule has 25 heavy (non-hydrogen) atoms. The second-order valence-electron chi connectivity index (χ2n) is 5.86. The Morgan fingerprint density at radius 3 is 2.76 bits per heavy atom. The molecule has 2 unspecified atom stereocenters. The highest BCUT2D eigenvalue weighted by Gasteiger charge is 2.34. The number of tetrazole rings is 1. The van der Waals surface area contributed by atoms with Crippen LogP contribution in [0, 0.1) is 6.92 Å². The zero-order chi connectivity index (χ0) is 17.8. The number of carbonyl (C=O) groups is 2. The topological polar surface area (TPSA) is 110 Å². The lowest BCUT2D eigenvalue weighted by molar-refractivity contribution is -0.160. The van der Waals surface area contributed by atoms with Crippen molar-refractivity contribution in [1.82, 2.24) is 25.1 Å². The third-order valence-electron chi connectivity index (χ3n) is 4.16. The molecule has 1 saturated heterocycles. The van der Waals surface area contributed by atoms with E-state index < -0.39 is 18.1 Å². The highest BCUT2D eigenvalue weighted by atomic mass is 16.5. The molecule has 1 aromatic heterocycles. The van der Waals surface area contributed by atoms with Gasteiger partial charge in [0.05, 0.1) is 13.2 Å². The van der Waals surface area contributed by atoms with Gasteiger partial charge in [0, 0.05) is 13.0 Å². The fraction of sp³-hybridized carbons (Fsp3) is 0.438. The molecule has 0 spiro atoms. The van der Waals surface area contributed by atoms with Crippen molar-refractivity contribution in [1.29, 1.82) is 0 Å². The van der Waals surface area contributed by atoms with Gasteiger partial charge in [-0.15, -0.1) is 5.10 Å². The minimum Gasteiger partial charge on any atom is -0.479 e. The van der Waals surface area contributed by atoms with Crippen LogP contribution in [0.15, 0.2) is 30.3 Å². The Bertz CT molecular complexity index is 748. The van der Waals surface area contributed by atoms with Gasteiger partial charge in [0.2, 0.25) is 5.91 Å². The normalized spacial score (nSPS) is 18.8. The number of carboxylic acids is 1. The summed E-state index contributed by atoms with van der Waals surface area (Å²) in [4.78, 5) is 25.8. The van der Waals surface area contributed by atoms with Gasteiger partial charge < -0.3 is 14.7 Å². The molecule has 1 aromatic carbocycles. The smallest absolute Gasteiger partial charge is 0.334 e. The van der Waals surface area contributed by atoms with Crippen LogP contribution in [0.4, 0.5) is 0 Å². The number of carbonyl (C=O) groups excluding carboxylic acids is 1. The summed E-state index contributed by atoms with van der Waals surface area (Å²) >= 11 is 0. The maximum Gasteiger partial charge on any atom is 0.334 e. The zero-order valence-electron chi connectivity index (χ0n) is 13.8. The molecule has 1 N–H and O–H groups in total. The van der Waals surface area contributed by atoms with Crippen molar-refractivity contribution in [2.45, 2.75) is 25.5 Å². The van der Waals surface area contributed by atoms with E-state index in [1.165, 1.54) is 9.58 Å². The molecule has 3 rings (SSSR count). The number of morpholine rings is 1. The molecule has 1 fully saturated rings. The van der Waals surface area contributed by atoms with Crippen molar-refractivity contribution in [3.8, 4) is 0 Å². The minimum atomic E-state index is -1.07. The van der Waals surface area contributed by atoms with E-state index in [2.05, 4.69) is 15.5 Å². The average molecular weight is 345 g/mol. The van der Waals surface area contributed by atoms with Crippen LogP contribution in [-0.4, -0.2) is 67.9 Å². The number of aryl methyl sites for hydroxylation is 1. The van der Waals surface area contributed by atoms with E-state index in [-0.39, 0.29) is 19.1 Å². The number of hydrogen-bond donors (Lipinski definition) is 1. The van der Waals surface area contributed by atoms with Crippen LogP contribution in [0.2, 0.25) is 0 Å². The van der Waals surface area contributed by atoms with Crippen molar-refractivity contribution in [2.24, 2.45) is 0 Å². The van der Waals surface area contributed by atoms with E-state index in [0.717, 1.165) is 5.56 Å². The Morgan fingerprint density at radius 1 is 1.36 bits per heavy atom. The van der Waals surface area contributed by atoms with Gasteiger partial charge in [-0.25, -0.2) is 9.48 Å². The van der Waals surface area contributed by atoms with Crippen molar-refractivity contribution in [2.75, 3.05) is 19.7 Å². The lowest BCUT2D eigenvalue weighted by atomic mass is 10.0. The number of ether oxygens (including phenoxy) is 1. The van der Waals surface area contributed by atoms with Crippen molar-refractivity contribution >= 4 is 11.9 Å². The van der Waals surface area contributed by atoms with Crippen molar-refractivity contribution in [3.63, 3.8) is 0 Å². The molecule has 2 heterocycles. The average Bonchev–Trinajstić information content (AvgIpc) is 3.06. The van der Waals surface area contributed by atoms with E-state index in [1.54, 1.807) is 6.92 Å². The van der Waals surface area contributed by atoms with Crippen LogP contribution in [0.3, 0.4) is 0 Å². The summed E-state index contributed by atoms with van der Waals surface area (Å²) in [5.74, 6) is -0.762. The first-order valence-corrected chi connectivity index (χ1v) is 7.98. The summed E-state index contributed by atoms with van der Waals surface area (Å²) in [7, 11) is 0. The highest BCUT2D eigenvalue weighted by molar-refractivity contribution is 5.82. The number of benzene rings is 1. The molecule has 9 heteroatoms. The lowest BCUT2D eigenvalue weighted by Gasteiger charge is -2.33. The molecule has 0 saturated carbocycles. The summed E-state index contributed by atoms with van der Waals surface area (Å²) in [5, 5.41) is 20.6. The van der Waals surface area contributed by atoms with Crippen LogP contribution in [0.1, 0.15) is 17.4 Å². The maximum absolute atomic E-state index is 13.1. The molecule has 1 amide bonds. The van der Waals surface area contributed by atoms with Crippen molar-refractivity contribution < 1.29 is 19.4 Å². The Balaban J connectivity index is 1.84. The Labute approximate surface area is 144 Å². The number of carboxylic acid groups (broad SMARTS) is 1. The summed E-state index contributed by atoms with van der Waals surface area (Å²) in [6.45, 7) is 2.27. The maximum atomic E-state index is 13.1. The molecule has 0 aliphatic carbocycles. The molecule has 1 aliphatic heterocycles. The van der Waals surface area contributed by atoms with Gasteiger partial charge >= 0.3 is 5.97 Å². The first-order chi connectivity index (χ1) is 12.1. The number of amides is 1. The van der Waals surface area contributed by atoms with Crippen LogP contribution in [0.25, 0.3) is 0 Å². The van der Waals surface area contributed by atoms with E-state index in [1.807, 2.05) is 30.3 Å². The third-order valence-corrected chi connectivity index (χ3v) is 4.16. The van der Waals surface area contributed by atoms with Gasteiger partial charge in [-0.3, -0.25) is 4.79 Å². The van der Waals surface area contributed by atoms with E-state index in [9.17, 15) is 9.59 Å². The summed E-state index contributed by atoms with van der Waals surface area (Å²) in [5.41, 5.74) is 0.971. The summed E-state index contributed by atoms with van der Waals surface area (Å²) in [6.07, 6.45) is -0.592. The second kappa shape index (κ2) is 7.39. The molecular formula is C16H19N5O4. The van der Waals surface area contributed by atoms with E-state index in [4.69, 9.17) is 9.84 Å². The van der Waals surface area contributed by atoms with Gasteiger partial charge in [-0.1, -0.05) is 30.3 Å². The van der Waals surface area contributed by atoms with Crippen LogP contribution >= 0.6 is 0 Å². The number of hydrogen-bond acceptors (Lipinski definition) is 6. The number of rotatable bonds is 5. The largest absolute Gasteiger partial charge is 0.479 e. The number of aliphatic carboxylic acids is 1. The van der Waals surface area contributed by atoms with Gasteiger partial charge in [0.25, 0.3) is 0 Å². The van der Waals surface area contributed by atoms with Crippen molar-refractivity contribution in [3.05, 3.63) is 41.7 Å². The van der Waals surface area contributed by atoms with Gasteiger partial charge in [0.1, 0.15) is 11.9 Å². The van der Waals surface area contributed by atoms with Gasteiger partial charge in [-0.05, 0) is 22.9 Å². The third kappa shape index (κ3) is 3.82. The minimum absolute atomic E-state index is 0.0145. The summed E-state index contributed by atoms with van der Waals surface area (Å²) < 4.78 is 6.68. The molecular weight excluding hydrogens is 326 g/mol. The number of aromatic nitrogens is 4. The lowest BCUT2D eigenvalue weighted by Crippen LogP contribution is -2.51. The predicted molar refractivity (Wildman–Crippen MR) is 85.7 cm³/mol. The molecule has 9 nitrogen and oxygen atoms in total. The fourth-order valence-corrected chi connectivity index (χ4v) is 2.85. The Morgan fingerprint density at radius 2 is 2.12 bits per heavy atom. The quantitative estimate of drug-likeness (QED) is 0.817. The Hall–Kier alpha value is -2.81. The molecule has 2 aromatic rings. The SMILES string of the molecule is Cc1nnnn1C(Cc1ccccc1)C(=O)N1CCOC(C(=O)O)C1. The highest BCUT2D eigenvalue weighted by Crippen LogP contribution is 2.19. The van der Waals surface area contributed by atoms with Crippen LogP contribution in [0.5, 0.6) is 0 Å². The zero-order valence-corrected chi connectivity index (χ0v) is 13.8. The first-order valence-electron chi connectivity index (χ1n) is 7.98. The van der Waals surface area contributed by atoms with Gasteiger partial charge in [-0.2, -0.15) is 0 Å². The number of nitrogens with zero attached hydrogens (tertiary/aromatic N) is 5. The van der Waals surface area contributed by atoms with Gasteiger partial charge in [0.15, 0.2) is 6.10 Å². The summed E-state index contributed by atoms with van der Waals surface area (Å²) in [6, 6.07) is 8.93. The molecule has 132 valence electrons. The monoisotopic (exact) mass is 345 g/mol. The van der Waals surface area contributed by atoms with Crippen LogP contribution in [-0.2, 0) is 20.7 Å². The Kier molecular flexibility index (Phi) is 5.03. The fourth-order valence-electron chi connectivity index (χ4n) is 2.85. The molecule has 1 aliphatic rings. The molecule has 0 radical (unpaired) electrons. The van der Waals surface area contributed by atoms with E-state index >= 15 is 0 Å². The van der Waals surface area contributed by atoms with E-state index in [0.29, 0.717) is 18.8 Å². The first kappa shape index (κ1) is 17.0. The molecule has 2 atom stereocenters. The standard InChI is InChI=1S/C16H19N5O4/c1-11-17-18-19-21(11)13(9-12-5-3-2-4-6-12)15(22)20-7-8-25-14(10-20)16(23)24/h2-6,13-14H,7-10H2,1H3,(H,23,24). The van der Waals surface area contributed by atoms with Crippen LogP contribution < -0.4 is 0 Å². The second-order valence-corrected chi connectivity index (χ2v) is 5.86. The predicted octanol–water partition coefficient (Wildman–Crippen LogP) is 0.0773.